The van der Waals surface area contributed by atoms with Gasteiger partial charge in [-0.05, 0) is 54.1 Å². The Hall–Kier alpha value is -3.71. The molecule has 4 rings (SSSR count). The molecule has 3 N–H and O–H groups in total. The fourth-order valence-electron chi connectivity index (χ4n) is 3.10. The standard InChI is InChI=1S/C24H19BrN4O2/c25-18-9-5-16(6-10-18)15-23(30)28-29-24(31)17-7-11-19(12-8-17)27-22-13-14-26-21-4-2-1-3-20(21)22/h1-14H,15H2,(H,26,27)(H,28,30)(H,29,31). The van der Waals surface area contributed by atoms with Crippen molar-refractivity contribution < 1.29 is 9.59 Å². The van der Waals surface area contributed by atoms with Gasteiger partial charge in [-0.1, -0.05) is 46.3 Å². The van der Waals surface area contributed by atoms with Crippen molar-refractivity contribution in [3.8, 4) is 0 Å². The minimum atomic E-state index is -0.384. The number of para-hydroxylation sites is 1. The lowest BCUT2D eigenvalue weighted by Crippen LogP contribution is -2.42. The average molecular weight is 475 g/mol. The maximum atomic E-state index is 12.3. The number of aromatic nitrogens is 1. The molecule has 2 amide bonds. The number of fused-ring (bicyclic) bond motifs is 1. The first-order valence-corrected chi connectivity index (χ1v) is 10.4. The summed E-state index contributed by atoms with van der Waals surface area (Å²) >= 11 is 3.36. The van der Waals surface area contributed by atoms with Gasteiger partial charge in [0.25, 0.3) is 5.91 Å². The second kappa shape index (κ2) is 9.40. The molecule has 0 saturated carbocycles. The summed E-state index contributed by atoms with van der Waals surface area (Å²) in [5.74, 6) is -0.677. The predicted molar refractivity (Wildman–Crippen MR) is 125 cm³/mol. The van der Waals surface area contributed by atoms with Crippen LogP contribution in [-0.2, 0) is 11.2 Å². The number of nitrogens with zero attached hydrogens (tertiary/aromatic N) is 1. The van der Waals surface area contributed by atoms with Crippen LogP contribution in [0.5, 0.6) is 0 Å². The zero-order valence-electron chi connectivity index (χ0n) is 16.4. The maximum Gasteiger partial charge on any atom is 0.269 e. The largest absolute Gasteiger partial charge is 0.355 e. The number of carbonyl (C=O) groups is 2. The van der Waals surface area contributed by atoms with Crippen LogP contribution in [-0.4, -0.2) is 16.8 Å². The van der Waals surface area contributed by atoms with Gasteiger partial charge in [0, 0.05) is 33.0 Å². The van der Waals surface area contributed by atoms with Crippen LogP contribution >= 0.6 is 15.9 Å². The van der Waals surface area contributed by atoms with E-state index in [2.05, 4.69) is 37.1 Å². The number of hydrazine groups is 1. The summed E-state index contributed by atoms with van der Waals surface area (Å²) in [4.78, 5) is 28.7. The molecule has 0 bridgehead atoms. The normalized spacial score (nSPS) is 10.5. The monoisotopic (exact) mass is 474 g/mol. The third kappa shape index (κ3) is 5.26. The van der Waals surface area contributed by atoms with Crippen LogP contribution in [0.4, 0.5) is 11.4 Å². The van der Waals surface area contributed by atoms with E-state index in [0.717, 1.165) is 32.3 Å². The molecular weight excluding hydrogens is 456 g/mol. The minimum Gasteiger partial charge on any atom is -0.355 e. The van der Waals surface area contributed by atoms with Crippen molar-refractivity contribution >= 4 is 50.0 Å². The number of hydrogen-bond acceptors (Lipinski definition) is 4. The molecule has 0 atom stereocenters. The Morgan fingerprint density at radius 2 is 1.58 bits per heavy atom. The molecule has 7 heteroatoms. The molecule has 6 nitrogen and oxygen atoms in total. The van der Waals surface area contributed by atoms with Crippen molar-refractivity contribution in [1.82, 2.24) is 15.8 Å². The van der Waals surface area contributed by atoms with E-state index in [9.17, 15) is 9.59 Å². The van der Waals surface area contributed by atoms with Gasteiger partial charge in [-0.3, -0.25) is 25.4 Å². The Bertz CT molecular complexity index is 1220. The molecule has 154 valence electrons. The van der Waals surface area contributed by atoms with Crippen LogP contribution in [0.3, 0.4) is 0 Å². The van der Waals surface area contributed by atoms with Crippen molar-refractivity contribution in [2.24, 2.45) is 0 Å². The summed E-state index contributed by atoms with van der Waals surface area (Å²) < 4.78 is 0.944. The van der Waals surface area contributed by atoms with E-state index in [-0.39, 0.29) is 18.2 Å². The maximum absolute atomic E-state index is 12.3. The lowest BCUT2D eigenvalue weighted by molar-refractivity contribution is -0.121. The van der Waals surface area contributed by atoms with Crippen LogP contribution in [0, 0.1) is 0 Å². The van der Waals surface area contributed by atoms with Gasteiger partial charge < -0.3 is 5.32 Å². The smallest absolute Gasteiger partial charge is 0.269 e. The van der Waals surface area contributed by atoms with Crippen molar-refractivity contribution in [2.45, 2.75) is 6.42 Å². The van der Waals surface area contributed by atoms with E-state index >= 15 is 0 Å². The SMILES string of the molecule is O=C(Cc1ccc(Br)cc1)NNC(=O)c1ccc(Nc2ccnc3ccccc23)cc1. The van der Waals surface area contributed by atoms with E-state index in [1.165, 1.54) is 0 Å². The number of benzene rings is 3. The Balaban J connectivity index is 1.34. The third-order valence-electron chi connectivity index (χ3n) is 4.67. The molecule has 3 aromatic carbocycles. The molecule has 0 aliphatic heterocycles. The van der Waals surface area contributed by atoms with E-state index in [0.29, 0.717) is 5.56 Å². The molecular formula is C24H19BrN4O2. The Morgan fingerprint density at radius 1 is 0.839 bits per heavy atom. The molecule has 0 aliphatic rings. The average Bonchev–Trinajstić information content (AvgIpc) is 2.80. The fraction of sp³-hybridized carbons (Fsp3) is 0.0417. The zero-order valence-corrected chi connectivity index (χ0v) is 18.0. The number of rotatable bonds is 5. The molecule has 1 heterocycles. The Kier molecular flexibility index (Phi) is 6.24. The lowest BCUT2D eigenvalue weighted by Gasteiger charge is -2.11. The molecule has 0 aliphatic carbocycles. The molecule has 0 radical (unpaired) electrons. The first kappa shape index (κ1) is 20.6. The highest BCUT2D eigenvalue weighted by Gasteiger charge is 2.09. The van der Waals surface area contributed by atoms with Crippen LogP contribution in [0.15, 0.2) is 89.5 Å². The minimum absolute atomic E-state index is 0.177. The van der Waals surface area contributed by atoms with Gasteiger partial charge in [0.05, 0.1) is 11.9 Å². The van der Waals surface area contributed by atoms with Gasteiger partial charge in [0.15, 0.2) is 0 Å². The Morgan fingerprint density at radius 3 is 2.35 bits per heavy atom. The van der Waals surface area contributed by atoms with Gasteiger partial charge in [0.2, 0.25) is 5.91 Å². The van der Waals surface area contributed by atoms with Gasteiger partial charge in [-0.15, -0.1) is 0 Å². The zero-order chi connectivity index (χ0) is 21.6. The van der Waals surface area contributed by atoms with E-state index in [4.69, 9.17) is 0 Å². The van der Waals surface area contributed by atoms with E-state index in [1.54, 1.807) is 18.3 Å². The number of amides is 2. The van der Waals surface area contributed by atoms with Gasteiger partial charge in [0.1, 0.15) is 0 Å². The van der Waals surface area contributed by atoms with Gasteiger partial charge >= 0.3 is 0 Å². The van der Waals surface area contributed by atoms with Gasteiger partial charge in [-0.2, -0.15) is 0 Å². The first-order valence-electron chi connectivity index (χ1n) is 9.63. The molecule has 0 spiro atoms. The third-order valence-corrected chi connectivity index (χ3v) is 5.20. The number of halogens is 1. The molecule has 31 heavy (non-hydrogen) atoms. The highest BCUT2D eigenvalue weighted by molar-refractivity contribution is 9.10. The van der Waals surface area contributed by atoms with Crippen LogP contribution in [0.25, 0.3) is 10.9 Å². The van der Waals surface area contributed by atoms with Crippen LogP contribution in [0.1, 0.15) is 15.9 Å². The van der Waals surface area contributed by atoms with Crippen molar-refractivity contribution in [3.05, 3.63) is 101 Å². The topological polar surface area (TPSA) is 83.1 Å². The summed E-state index contributed by atoms with van der Waals surface area (Å²) in [5, 5.41) is 4.36. The summed E-state index contributed by atoms with van der Waals surface area (Å²) in [6.07, 6.45) is 1.93. The summed E-state index contributed by atoms with van der Waals surface area (Å²) in [7, 11) is 0. The molecule has 0 unspecified atom stereocenters. The van der Waals surface area contributed by atoms with Crippen LogP contribution < -0.4 is 16.2 Å². The summed E-state index contributed by atoms with van der Waals surface area (Å²) in [6.45, 7) is 0. The summed E-state index contributed by atoms with van der Waals surface area (Å²) in [5.41, 5.74) is 8.87. The van der Waals surface area contributed by atoms with Crippen LogP contribution in [0.2, 0.25) is 0 Å². The number of anilines is 2. The lowest BCUT2D eigenvalue weighted by atomic mass is 10.1. The quantitative estimate of drug-likeness (QED) is 0.364. The van der Waals surface area contributed by atoms with Crippen molar-refractivity contribution in [1.29, 1.82) is 0 Å². The molecule has 0 saturated heterocycles. The fourth-order valence-corrected chi connectivity index (χ4v) is 3.36. The van der Waals surface area contributed by atoms with E-state index in [1.807, 2.05) is 66.7 Å². The molecule has 1 aromatic heterocycles. The van der Waals surface area contributed by atoms with Crippen molar-refractivity contribution in [3.63, 3.8) is 0 Å². The molecule has 0 fully saturated rings. The molecule has 4 aromatic rings. The van der Waals surface area contributed by atoms with Gasteiger partial charge in [-0.25, -0.2) is 0 Å². The Labute approximate surface area is 187 Å². The highest BCUT2D eigenvalue weighted by atomic mass is 79.9. The second-order valence-electron chi connectivity index (χ2n) is 6.88. The number of carbonyl (C=O) groups excluding carboxylic acids is 2. The first-order chi connectivity index (χ1) is 15.1. The number of nitrogens with one attached hydrogen (secondary N) is 3. The number of hydrogen-bond donors (Lipinski definition) is 3. The number of pyridine rings is 1. The second-order valence-corrected chi connectivity index (χ2v) is 7.80. The van der Waals surface area contributed by atoms with E-state index < -0.39 is 0 Å². The predicted octanol–water partition coefficient (Wildman–Crippen LogP) is 4.74. The van der Waals surface area contributed by atoms with Crippen molar-refractivity contribution in [2.75, 3.05) is 5.32 Å². The highest BCUT2D eigenvalue weighted by Crippen LogP contribution is 2.25. The summed E-state index contributed by atoms with van der Waals surface area (Å²) in [6, 6.07) is 24.2.